The predicted molar refractivity (Wildman–Crippen MR) is 58.7 cm³/mol. The summed E-state index contributed by atoms with van der Waals surface area (Å²) in [6.07, 6.45) is 0. The summed E-state index contributed by atoms with van der Waals surface area (Å²) in [4.78, 5) is 3.96. The zero-order valence-corrected chi connectivity index (χ0v) is 10.2. The highest BCUT2D eigenvalue weighted by atomic mass is 79.9. The van der Waals surface area contributed by atoms with Crippen LogP contribution in [0, 0.1) is 12.7 Å². The molecule has 84 valence electrons. The Morgan fingerprint density at radius 1 is 1.44 bits per heavy atom. The summed E-state index contributed by atoms with van der Waals surface area (Å²) >= 11 is 3.19. The van der Waals surface area contributed by atoms with Crippen LogP contribution in [-0.2, 0) is 0 Å². The van der Waals surface area contributed by atoms with Crippen LogP contribution in [0.1, 0.15) is 5.89 Å². The number of ether oxygens (including phenoxy) is 1. The smallest absolute Gasteiger partial charge is 0.223 e. The van der Waals surface area contributed by atoms with Crippen molar-refractivity contribution in [2.75, 3.05) is 7.11 Å². The number of aryl methyl sites for hydroxylation is 1. The molecule has 0 radical (unpaired) electrons. The normalized spacial score (nSPS) is 10.5. The fourth-order valence-corrected chi connectivity index (χ4v) is 1.74. The van der Waals surface area contributed by atoms with Crippen molar-refractivity contribution >= 4 is 15.9 Å². The van der Waals surface area contributed by atoms with Crippen molar-refractivity contribution in [1.82, 2.24) is 10.1 Å². The first-order chi connectivity index (χ1) is 7.61. The fourth-order valence-electron chi connectivity index (χ4n) is 1.27. The van der Waals surface area contributed by atoms with Gasteiger partial charge in [0.1, 0.15) is 11.6 Å². The summed E-state index contributed by atoms with van der Waals surface area (Å²) in [7, 11) is 1.50. The van der Waals surface area contributed by atoms with Crippen LogP contribution >= 0.6 is 15.9 Å². The Balaban J connectivity index is 2.56. The monoisotopic (exact) mass is 286 g/mol. The maximum absolute atomic E-state index is 13.7. The lowest BCUT2D eigenvalue weighted by atomic mass is 10.2. The average molecular weight is 287 g/mol. The van der Waals surface area contributed by atoms with Crippen LogP contribution in [0.4, 0.5) is 4.39 Å². The molecule has 2 rings (SSSR count). The summed E-state index contributed by atoms with van der Waals surface area (Å²) in [6, 6.07) is 2.82. The van der Waals surface area contributed by atoms with Gasteiger partial charge in [-0.15, -0.1) is 0 Å². The number of hydrogen-bond donors (Lipinski definition) is 0. The van der Waals surface area contributed by atoms with E-state index in [2.05, 4.69) is 26.1 Å². The van der Waals surface area contributed by atoms with Gasteiger partial charge in [0.05, 0.1) is 17.1 Å². The molecular formula is C10H8BrFN2O2. The highest BCUT2D eigenvalue weighted by Crippen LogP contribution is 2.31. The Bertz CT molecular complexity index is 528. The van der Waals surface area contributed by atoms with E-state index in [1.807, 2.05) is 0 Å². The summed E-state index contributed by atoms with van der Waals surface area (Å²) in [5.41, 5.74) is 0.247. The molecule has 0 unspecified atom stereocenters. The van der Waals surface area contributed by atoms with Gasteiger partial charge >= 0.3 is 0 Å². The Morgan fingerprint density at radius 3 is 2.75 bits per heavy atom. The largest absolute Gasteiger partial charge is 0.496 e. The maximum atomic E-state index is 13.7. The van der Waals surface area contributed by atoms with Gasteiger partial charge in [0.25, 0.3) is 0 Å². The molecule has 6 heteroatoms. The van der Waals surface area contributed by atoms with E-state index in [4.69, 9.17) is 9.26 Å². The van der Waals surface area contributed by atoms with E-state index in [0.717, 1.165) is 0 Å². The molecule has 1 aromatic heterocycles. The van der Waals surface area contributed by atoms with E-state index in [1.165, 1.54) is 19.2 Å². The van der Waals surface area contributed by atoms with Crippen LogP contribution in [0.25, 0.3) is 11.4 Å². The third kappa shape index (κ3) is 1.92. The van der Waals surface area contributed by atoms with Crippen molar-refractivity contribution in [2.24, 2.45) is 0 Å². The SMILES string of the molecule is COc1cc(-c2noc(C)n2)c(F)cc1Br. The number of nitrogens with zero attached hydrogens (tertiary/aromatic N) is 2. The van der Waals surface area contributed by atoms with Crippen molar-refractivity contribution < 1.29 is 13.7 Å². The van der Waals surface area contributed by atoms with Gasteiger partial charge in [-0.25, -0.2) is 4.39 Å². The van der Waals surface area contributed by atoms with Gasteiger partial charge in [0.2, 0.25) is 11.7 Å². The quantitative estimate of drug-likeness (QED) is 0.852. The maximum Gasteiger partial charge on any atom is 0.223 e. The zero-order valence-electron chi connectivity index (χ0n) is 8.62. The number of aromatic nitrogens is 2. The minimum atomic E-state index is -0.437. The predicted octanol–water partition coefficient (Wildman–Crippen LogP) is 2.96. The molecule has 16 heavy (non-hydrogen) atoms. The number of hydrogen-bond acceptors (Lipinski definition) is 4. The molecule has 0 aliphatic carbocycles. The molecule has 0 amide bonds. The van der Waals surface area contributed by atoms with Gasteiger partial charge < -0.3 is 9.26 Å². The molecule has 0 aliphatic heterocycles. The lowest BCUT2D eigenvalue weighted by molar-refractivity contribution is 0.394. The zero-order chi connectivity index (χ0) is 11.7. The van der Waals surface area contributed by atoms with Gasteiger partial charge in [-0.1, -0.05) is 5.16 Å². The highest BCUT2D eigenvalue weighted by Gasteiger charge is 2.14. The molecule has 1 aromatic carbocycles. The first-order valence-electron chi connectivity index (χ1n) is 4.45. The Hall–Kier alpha value is -1.43. The molecule has 4 nitrogen and oxygen atoms in total. The summed E-state index contributed by atoms with van der Waals surface area (Å²) in [6.45, 7) is 1.64. The number of methoxy groups -OCH3 is 1. The van der Waals surface area contributed by atoms with Gasteiger partial charge in [-0.2, -0.15) is 4.98 Å². The number of halogens is 2. The molecule has 0 N–H and O–H groups in total. The molecule has 0 atom stereocenters. The minimum Gasteiger partial charge on any atom is -0.496 e. The molecule has 0 bridgehead atoms. The first kappa shape index (κ1) is 11.1. The van der Waals surface area contributed by atoms with E-state index in [0.29, 0.717) is 16.1 Å². The van der Waals surface area contributed by atoms with Crippen molar-refractivity contribution in [3.63, 3.8) is 0 Å². The van der Waals surface area contributed by atoms with Gasteiger partial charge in [0, 0.05) is 6.92 Å². The summed E-state index contributed by atoms with van der Waals surface area (Å²) in [5, 5.41) is 3.65. The molecule has 0 fully saturated rings. The Kier molecular flexibility index (Phi) is 2.91. The summed E-state index contributed by atoms with van der Waals surface area (Å²) < 4.78 is 24.1. The standard InChI is InChI=1S/C10H8BrFN2O2/c1-5-13-10(14-16-5)6-3-9(15-2)7(11)4-8(6)12/h3-4H,1-2H3. The lowest BCUT2D eigenvalue weighted by Crippen LogP contribution is -1.91. The molecule has 1 heterocycles. The van der Waals surface area contributed by atoms with Crippen molar-refractivity contribution in [2.45, 2.75) is 6.92 Å². The van der Waals surface area contributed by atoms with E-state index in [-0.39, 0.29) is 11.4 Å². The van der Waals surface area contributed by atoms with Crippen molar-refractivity contribution in [3.8, 4) is 17.1 Å². The van der Waals surface area contributed by atoms with Gasteiger partial charge in [-0.3, -0.25) is 0 Å². The Labute approximate surface area is 99.5 Å². The number of rotatable bonds is 2. The van der Waals surface area contributed by atoms with Crippen LogP contribution < -0.4 is 4.74 Å². The molecule has 0 saturated heterocycles. The minimum absolute atomic E-state index is 0.209. The first-order valence-corrected chi connectivity index (χ1v) is 5.25. The molecule has 2 aromatic rings. The van der Waals surface area contributed by atoms with E-state index < -0.39 is 5.82 Å². The van der Waals surface area contributed by atoms with Crippen LogP contribution in [-0.4, -0.2) is 17.3 Å². The second kappa shape index (κ2) is 4.21. The lowest BCUT2D eigenvalue weighted by Gasteiger charge is -2.05. The Morgan fingerprint density at radius 2 is 2.19 bits per heavy atom. The van der Waals surface area contributed by atoms with Crippen LogP contribution in [0.2, 0.25) is 0 Å². The van der Waals surface area contributed by atoms with Gasteiger partial charge in [-0.05, 0) is 28.1 Å². The molecule has 0 spiro atoms. The third-order valence-electron chi connectivity index (χ3n) is 2.01. The van der Waals surface area contributed by atoms with E-state index in [9.17, 15) is 4.39 Å². The highest BCUT2D eigenvalue weighted by molar-refractivity contribution is 9.10. The topological polar surface area (TPSA) is 48.2 Å². The third-order valence-corrected chi connectivity index (χ3v) is 2.63. The van der Waals surface area contributed by atoms with Crippen molar-refractivity contribution in [1.29, 1.82) is 0 Å². The fraction of sp³-hybridized carbons (Fsp3) is 0.200. The van der Waals surface area contributed by atoms with Gasteiger partial charge in [0.15, 0.2) is 0 Å². The van der Waals surface area contributed by atoms with E-state index >= 15 is 0 Å². The number of benzene rings is 1. The summed E-state index contributed by atoms with van der Waals surface area (Å²) in [5.74, 6) is 0.671. The second-order valence-corrected chi connectivity index (χ2v) is 3.96. The molecular weight excluding hydrogens is 279 g/mol. The van der Waals surface area contributed by atoms with E-state index in [1.54, 1.807) is 6.92 Å². The van der Waals surface area contributed by atoms with Crippen LogP contribution in [0.3, 0.4) is 0 Å². The molecule has 0 saturated carbocycles. The average Bonchev–Trinajstić information content (AvgIpc) is 2.65. The van der Waals surface area contributed by atoms with Crippen LogP contribution in [0.5, 0.6) is 5.75 Å². The van der Waals surface area contributed by atoms with Crippen molar-refractivity contribution in [3.05, 3.63) is 28.3 Å². The van der Waals surface area contributed by atoms with Crippen LogP contribution in [0.15, 0.2) is 21.1 Å². The second-order valence-electron chi connectivity index (χ2n) is 3.10. The molecule has 0 aliphatic rings.